The molecule has 0 aliphatic rings. The lowest BCUT2D eigenvalue weighted by atomic mass is 10.2. The third kappa shape index (κ3) is 4.69. The molecule has 0 fully saturated rings. The highest BCUT2D eigenvalue weighted by Gasteiger charge is 2.20. The number of ether oxygens (including phenoxy) is 1. The molecule has 3 heterocycles. The molecule has 0 atom stereocenters. The quantitative estimate of drug-likeness (QED) is 0.153. The molecule has 0 bridgehead atoms. The maximum atomic E-state index is 13.4. The Bertz CT molecular complexity index is 1410. The molecule has 0 saturated heterocycles. The molecule has 0 saturated carbocycles. The standard InChI is InChI=1S/C26H28N4O3S/c1-17-9-7-12-27-24(17)30-25(32)20-10-5-6-11-22(20)28-26(30)34-16-23(31)21-15-18(2)29(19(21)3)13-8-14-33-4/h5-7,9-12,15H,8,13-14,16H2,1-4H3. The zero-order chi connectivity index (χ0) is 24.2. The van der Waals surface area contributed by atoms with E-state index >= 15 is 0 Å². The largest absolute Gasteiger partial charge is 0.385 e. The summed E-state index contributed by atoms with van der Waals surface area (Å²) >= 11 is 1.26. The van der Waals surface area contributed by atoms with Crippen LogP contribution in [0.4, 0.5) is 0 Å². The lowest BCUT2D eigenvalue weighted by Crippen LogP contribution is -2.23. The second kappa shape index (κ2) is 10.4. The number of Topliss-reactive ketones (excluding diaryl/α,β-unsaturated/α-hetero) is 1. The number of hydrogen-bond acceptors (Lipinski definition) is 6. The first-order chi connectivity index (χ1) is 16.4. The van der Waals surface area contributed by atoms with Gasteiger partial charge in [0.1, 0.15) is 5.82 Å². The third-order valence-corrected chi connectivity index (χ3v) is 6.81. The van der Waals surface area contributed by atoms with Gasteiger partial charge in [-0.1, -0.05) is 30.0 Å². The van der Waals surface area contributed by atoms with Crippen LogP contribution >= 0.6 is 11.8 Å². The summed E-state index contributed by atoms with van der Waals surface area (Å²) in [6, 6.07) is 12.9. The van der Waals surface area contributed by atoms with E-state index in [0.29, 0.717) is 34.0 Å². The van der Waals surface area contributed by atoms with Gasteiger partial charge in [0.15, 0.2) is 10.9 Å². The van der Waals surface area contributed by atoms with Gasteiger partial charge in [0.25, 0.3) is 5.56 Å². The highest BCUT2D eigenvalue weighted by molar-refractivity contribution is 7.99. The van der Waals surface area contributed by atoms with Crippen molar-refractivity contribution in [2.75, 3.05) is 19.5 Å². The molecule has 0 aliphatic carbocycles. The van der Waals surface area contributed by atoms with Crippen LogP contribution in [0.3, 0.4) is 0 Å². The average Bonchev–Trinajstić information content (AvgIpc) is 3.12. The van der Waals surface area contributed by atoms with E-state index in [9.17, 15) is 9.59 Å². The van der Waals surface area contributed by atoms with Crippen molar-refractivity contribution in [1.29, 1.82) is 0 Å². The molecule has 34 heavy (non-hydrogen) atoms. The van der Waals surface area contributed by atoms with Crippen molar-refractivity contribution in [2.24, 2.45) is 0 Å². The van der Waals surface area contributed by atoms with E-state index in [2.05, 4.69) is 9.55 Å². The number of carbonyl (C=O) groups is 1. The van der Waals surface area contributed by atoms with Crippen LogP contribution in [0.25, 0.3) is 16.7 Å². The summed E-state index contributed by atoms with van der Waals surface area (Å²) in [6.07, 6.45) is 2.54. The van der Waals surface area contributed by atoms with E-state index in [1.165, 1.54) is 16.3 Å². The lowest BCUT2D eigenvalue weighted by Gasteiger charge is -2.14. The number of thioether (sulfide) groups is 1. The molecule has 176 valence electrons. The topological polar surface area (TPSA) is 79.0 Å². The number of aromatic nitrogens is 4. The van der Waals surface area contributed by atoms with E-state index in [4.69, 9.17) is 9.72 Å². The summed E-state index contributed by atoms with van der Waals surface area (Å²) in [5.41, 5.74) is 3.96. The number of methoxy groups -OCH3 is 1. The van der Waals surface area contributed by atoms with E-state index in [-0.39, 0.29) is 17.1 Å². The maximum Gasteiger partial charge on any atom is 0.267 e. The molecule has 0 N–H and O–H groups in total. The Morgan fingerprint density at radius 1 is 1.12 bits per heavy atom. The summed E-state index contributed by atoms with van der Waals surface area (Å²) in [4.78, 5) is 35.8. The first-order valence-corrected chi connectivity index (χ1v) is 12.2. The lowest BCUT2D eigenvalue weighted by molar-refractivity contribution is 0.102. The fourth-order valence-corrected chi connectivity index (χ4v) is 4.99. The van der Waals surface area contributed by atoms with E-state index in [0.717, 1.165) is 29.9 Å². The number of pyridine rings is 1. The number of ketones is 1. The van der Waals surface area contributed by atoms with Gasteiger partial charge in [-0.25, -0.2) is 14.5 Å². The fraction of sp³-hybridized carbons (Fsp3) is 0.308. The summed E-state index contributed by atoms with van der Waals surface area (Å²) < 4.78 is 8.83. The molecular weight excluding hydrogens is 448 g/mol. The Kier molecular flexibility index (Phi) is 7.29. The van der Waals surface area contributed by atoms with Crippen molar-refractivity contribution in [1.82, 2.24) is 19.1 Å². The minimum absolute atomic E-state index is 0.00259. The molecular formula is C26H28N4O3S. The second-order valence-electron chi connectivity index (χ2n) is 8.19. The number of hydrogen-bond donors (Lipinski definition) is 0. The highest BCUT2D eigenvalue weighted by Crippen LogP contribution is 2.24. The number of rotatable bonds is 9. The summed E-state index contributed by atoms with van der Waals surface area (Å²) in [7, 11) is 1.69. The van der Waals surface area contributed by atoms with E-state index in [1.807, 2.05) is 57.2 Å². The van der Waals surface area contributed by atoms with Gasteiger partial charge in [0, 0.05) is 43.4 Å². The molecule has 0 radical (unpaired) electrons. The van der Waals surface area contributed by atoms with Gasteiger partial charge in [-0.05, 0) is 57.0 Å². The van der Waals surface area contributed by atoms with E-state index in [1.54, 1.807) is 19.4 Å². The van der Waals surface area contributed by atoms with Gasteiger partial charge in [-0.3, -0.25) is 9.59 Å². The Labute approximate surface area is 202 Å². The Balaban J connectivity index is 1.67. The zero-order valence-electron chi connectivity index (χ0n) is 19.9. The second-order valence-corrected chi connectivity index (χ2v) is 9.13. The van der Waals surface area contributed by atoms with Crippen LogP contribution in [0, 0.1) is 20.8 Å². The van der Waals surface area contributed by atoms with Crippen LogP contribution in [0.15, 0.2) is 58.6 Å². The van der Waals surface area contributed by atoms with Gasteiger partial charge >= 0.3 is 0 Å². The number of fused-ring (bicyclic) bond motifs is 1. The Hall–Kier alpha value is -3.23. The molecule has 7 nitrogen and oxygen atoms in total. The van der Waals surface area contributed by atoms with Crippen molar-refractivity contribution < 1.29 is 9.53 Å². The van der Waals surface area contributed by atoms with Crippen LogP contribution in [0.1, 0.15) is 33.7 Å². The van der Waals surface area contributed by atoms with Crippen molar-refractivity contribution in [2.45, 2.75) is 38.9 Å². The molecule has 4 rings (SSSR count). The fourth-order valence-electron chi connectivity index (χ4n) is 4.11. The summed E-state index contributed by atoms with van der Waals surface area (Å²) in [5.74, 6) is 0.693. The van der Waals surface area contributed by atoms with Gasteiger partial charge in [0.2, 0.25) is 0 Å². The number of benzene rings is 1. The smallest absolute Gasteiger partial charge is 0.267 e. The van der Waals surface area contributed by atoms with Gasteiger partial charge in [-0.2, -0.15) is 0 Å². The number of aryl methyl sites for hydroxylation is 2. The number of carbonyl (C=O) groups excluding carboxylic acids is 1. The number of para-hydroxylation sites is 1. The normalized spacial score (nSPS) is 11.3. The molecule has 0 spiro atoms. The first-order valence-electron chi connectivity index (χ1n) is 11.2. The molecule has 4 aromatic rings. The highest BCUT2D eigenvalue weighted by atomic mass is 32.2. The summed E-state index contributed by atoms with van der Waals surface area (Å²) in [6.45, 7) is 7.36. The minimum Gasteiger partial charge on any atom is -0.385 e. The van der Waals surface area contributed by atoms with Crippen molar-refractivity contribution in [3.8, 4) is 5.82 Å². The van der Waals surface area contributed by atoms with Crippen LogP contribution < -0.4 is 5.56 Å². The average molecular weight is 477 g/mol. The predicted octanol–water partition coefficient (Wildman–Crippen LogP) is 4.52. The Morgan fingerprint density at radius 3 is 2.68 bits per heavy atom. The predicted molar refractivity (Wildman–Crippen MR) is 135 cm³/mol. The van der Waals surface area contributed by atoms with Crippen molar-refractivity contribution in [3.05, 3.63) is 81.5 Å². The molecule has 0 amide bonds. The van der Waals surface area contributed by atoms with E-state index < -0.39 is 0 Å². The van der Waals surface area contributed by atoms with Crippen LogP contribution in [0.2, 0.25) is 0 Å². The van der Waals surface area contributed by atoms with Gasteiger partial charge in [-0.15, -0.1) is 0 Å². The van der Waals surface area contributed by atoms with Crippen molar-refractivity contribution in [3.63, 3.8) is 0 Å². The monoisotopic (exact) mass is 476 g/mol. The minimum atomic E-state index is -0.196. The summed E-state index contributed by atoms with van der Waals surface area (Å²) in [5, 5.41) is 0.968. The van der Waals surface area contributed by atoms with Crippen molar-refractivity contribution >= 4 is 28.4 Å². The first kappa shape index (κ1) is 23.9. The van der Waals surface area contributed by atoms with Crippen LogP contribution in [-0.4, -0.2) is 44.4 Å². The molecule has 0 unspecified atom stereocenters. The third-order valence-electron chi connectivity index (χ3n) is 5.88. The molecule has 0 aliphatic heterocycles. The molecule has 8 heteroatoms. The number of nitrogens with zero attached hydrogens (tertiary/aromatic N) is 4. The van der Waals surface area contributed by atoms with Gasteiger partial charge < -0.3 is 9.30 Å². The zero-order valence-corrected chi connectivity index (χ0v) is 20.7. The molecule has 1 aromatic carbocycles. The maximum absolute atomic E-state index is 13.4. The van der Waals surface area contributed by atoms with Gasteiger partial charge in [0.05, 0.1) is 16.7 Å². The Morgan fingerprint density at radius 2 is 1.91 bits per heavy atom. The molecule has 3 aromatic heterocycles. The SMILES string of the molecule is COCCCn1c(C)cc(C(=O)CSc2nc3ccccc3c(=O)n2-c2ncccc2C)c1C. The van der Waals surface area contributed by atoms with Crippen LogP contribution in [-0.2, 0) is 11.3 Å². The van der Waals surface area contributed by atoms with Crippen LogP contribution in [0.5, 0.6) is 0 Å².